The molecule has 1 amide bonds. The highest BCUT2D eigenvalue weighted by Gasteiger charge is 2.26. The molecule has 0 radical (unpaired) electrons. The molecule has 0 spiro atoms. The smallest absolute Gasteiger partial charge is 0.255 e. The van der Waals surface area contributed by atoms with E-state index in [4.69, 9.17) is 0 Å². The summed E-state index contributed by atoms with van der Waals surface area (Å²) in [6.07, 6.45) is 10.5. The molecule has 27 heavy (non-hydrogen) atoms. The number of carbonyl (C=O) groups is 1. The zero-order chi connectivity index (χ0) is 19.3. The molecular weight excluding hydrogens is 362 g/mol. The number of nitrogens with one attached hydrogen (secondary N) is 1. The zero-order valence-electron chi connectivity index (χ0n) is 16.2. The minimum Gasteiger partial charge on any atom is -0.367 e. The summed E-state index contributed by atoms with van der Waals surface area (Å²) < 4.78 is 23.0. The normalized spacial score (nSPS) is 25.1. The van der Waals surface area contributed by atoms with Crippen LogP contribution in [0.1, 0.15) is 62.2 Å². The second-order valence-corrected chi connectivity index (χ2v) is 10.2. The van der Waals surface area contributed by atoms with Crippen LogP contribution in [-0.4, -0.2) is 54.8 Å². The Morgan fingerprint density at radius 3 is 2.48 bits per heavy atom. The van der Waals surface area contributed by atoms with Crippen molar-refractivity contribution in [2.75, 3.05) is 29.9 Å². The Morgan fingerprint density at radius 1 is 1.19 bits per heavy atom. The second kappa shape index (κ2) is 9.04. The number of aromatic nitrogens is 1. The molecule has 3 rings (SSSR count). The van der Waals surface area contributed by atoms with Crippen LogP contribution in [0.25, 0.3) is 0 Å². The molecule has 7 heteroatoms. The van der Waals surface area contributed by atoms with E-state index >= 15 is 0 Å². The lowest BCUT2D eigenvalue weighted by Gasteiger charge is -2.29. The topological polar surface area (TPSA) is 79.4 Å². The third-order valence-corrected chi connectivity index (χ3v) is 7.42. The molecule has 1 aromatic heterocycles. The number of rotatable bonds is 6. The summed E-state index contributed by atoms with van der Waals surface area (Å²) in [5, 5.41) is 3.50. The molecule has 1 aromatic rings. The summed E-state index contributed by atoms with van der Waals surface area (Å²) in [4.78, 5) is 18.5. The Balaban J connectivity index is 1.48. The van der Waals surface area contributed by atoms with E-state index in [9.17, 15) is 13.2 Å². The molecule has 0 bridgehead atoms. The van der Waals surface area contributed by atoms with E-state index < -0.39 is 9.84 Å². The van der Waals surface area contributed by atoms with Gasteiger partial charge in [0.15, 0.2) is 9.84 Å². The van der Waals surface area contributed by atoms with Crippen LogP contribution < -0.4 is 5.32 Å². The van der Waals surface area contributed by atoms with Crippen LogP contribution in [-0.2, 0) is 9.84 Å². The Bertz CT molecular complexity index is 711. The average molecular weight is 394 g/mol. The second-order valence-electron chi connectivity index (χ2n) is 7.88. The molecule has 2 fully saturated rings. The Morgan fingerprint density at radius 2 is 1.89 bits per heavy atom. The van der Waals surface area contributed by atoms with Crippen molar-refractivity contribution in [2.24, 2.45) is 5.92 Å². The average Bonchev–Trinajstić information content (AvgIpc) is 2.67. The maximum absolute atomic E-state index is 12.5. The fraction of sp³-hybridized carbons (Fsp3) is 0.700. The first-order valence-electron chi connectivity index (χ1n) is 10.2. The molecule has 1 aliphatic heterocycles. The van der Waals surface area contributed by atoms with Crippen LogP contribution >= 0.6 is 0 Å². The van der Waals surface area contributed by atoms with Gasteiger partial charge in [-0.05, 0) is 43.7 Å². The molecule has 2 aliphatic rings. The maximum atomic E-state index is 12.5. The number of amides is 1. The van der Waals surface area contributed by atoms with E-state index in [2.05, 4.69) is 17.2 Å². The summed E-state index contributed by atoms with van der Waals surface area (Å²) in [7, 11) is -2.98. The highest BCUT2D eigenvalue weighted by atomic mass is 32.2. The summed E-state index contributed by atoms with van der Waals surface area (Å²) in [6.45, 7) is 2.78. The molecule has 1 aliphatic carbocycles. The van der Waals surface area contributed by atoms with Crippen LogP contribution in [0.4, 0.5) is 5.82 Å². The minimum atomic E-state index is -2.98. The van der Waals surface area contributed by atoms with Crippen LogP contribution in [0, 0.1) is 5.92 Å². The Kier molecular flexibility index (Phi) is 6.73. The highest BCUT2D eigenvalue weighted by Crippen LogP contribution is 2.29. The molecule has 0 atom stereocenters. The number of sulfone groups is 1. The van der Waals surface area contributed by atoms with Gasteiger partial charge in [-0.1, -0.05) is 26.2 Å². The lowest BCUT2D eigenvalue weighted by Crippen LogP contribution is -2.43. The number of pyridine rings is 1. The fourth-order valence-electron chi connectivity index (χ4n) is 4.00. The first kappa shape index (κ1) is 20.1. The van der Waals surface area contributed by atoms with E-state index in [1.165, 1.54) is 44.9 Å². The minimum absolute atomic E-state index is 0.0484. The van der Waals surface area contributed by atoms with Gasteiger partial charge in [0.25, 0.3) is 5.91 Å². The van der Waals surface area contributed by atoms with Gasteiger partial charge in [0, 0.05) is 25.3 Å². The Labute approximate surface area is 162 Å². The third kappa shape index (κ3) is 5.67. The van der Waals surface area contributed by atoms with Crippen molar-refractivity contribution in [3.8, 4) is 0 Å². The van der Waals surface area contributed by atoms with Crippen molar-refractivity contribution in [3.63, 3.8) is 0 Å². The summed E-state index contributed by atoms with van der Waals surface area (Å²) in [5.74, 6) is 1.65. The van der Waals surface area contributed by atoms with Gasteiger partial charge >= 0.3 is 0 Å². The maximum Gasteiger partial charge on any atom is 0.255 e. The third-order valence-electron chi connectivity index (χ3n) is 5.81. The number of anilines is 1. The zero-order valence-corrected chi connectivity index (χ0v) is 17.0. The van der Waals surface area contributed by atoms with Gasteiger partial charge in [-0.15, -0.1) is 0 Å². The van der Waals surface area contributed by atoms with Crippen molar-refractivity contribution in [1.29, 1.82) is 0 Å². The van der Waals surface area contributed by atoms with Crippen molar-refractivity contribution < 1.29 is 13.2 Å². The van der Waals surface area contributed by atoms with Crippen LogP contribution in [0.2, 0.25) is 0 Å². The van der Waals surface area contributed by atoms with E-state index in [1.54, 1.807) is 17.2 Å². The highest BCUT2D eigenvalue weighted by molar-refractivity contribution is 7.91. The molecule has 150 valence electrons. The van der Waals surface area contributed by atoms with E-state index in [-0.39, 0.29) is 30.5 Å². The van der Waals surface area contributed by atoms with Crippen molar-refractivity contribution in [2.45, 2.75) is 57.9 Å². The standard InChI is InChI=1S/C20H31N3O3S/c1-2-3-4-16-5-8-18(9-6-16)22-19-10-7-17(15-21-19)20(24)23-11-13-27(25,26)14-12-23/h7,10,15-16,18H,2-6,8-9,11-14H2,1H3,(H,21,22). The summed E-state index contributed by atoms with van der Waals surface area (Å²) >= 11 is 0. The molecule has 6 nitrogen and oxygen atoms in total. The number of nitrogens with zero attached hydrogens (tertiary/aromatic N) is 2. The first-order valence-corrected chi connectivity index (χ1v) is 12.0. The van der Waals surface area contributed by atoms with Crippen molar-refractivity contribution in [3.05, 3.63) is 23.9 Å². The number of hydrogen-bond donors (Lipinski definition) is 1. The van der Waals surface area contributed by atoms with E-state index in [0.717, 1.165) is 11.7 Å². The quantitative estimate of drug-likeness (QED) is 0.803. The predicted molar refractivity (Wildman–Crippen MR) is 108 cm³/mol. The predicted octanol–water partition coefficient (Wildman–Crippen LogP) is 3.11. The molecule has 2 heterocycles. The summed E-state index contributed by atoms with van der Waals surface area (Å²) in [5.41, 5.74) is 0.517. The fourth-order valence-corrected chi connectivity index (χ4v) is 5.20. The number of carbonyl (C=O) groups excluding carboxylic acids is 1. The molecule has 1 N–H and O–H groups in total. The molecule has 1 saturated heterocycles. The van der Waals surface area contributed by atoms with Crippen molar-refractivity contribution >= 4 is 21.6 Å². The molecular formula is C20H31N3O3S. The van der Waals surface area contributed by atoms with Gasteiger partial charge in [0.05, 0.1) is 17.1 Å². The van der Waals surface area contributed by atoms with Gasteiger partial charge in [-0.2, -0.15) is 0 Å². The first-order chi connectivity index (χ1) is 13.0. The number of hydrogen-bond acceptors (Lipinski definition) is 5. The largest absolute Gasteiger partial charge is 0.367 e. The van der Waals surface area contributed by atoms with Gasteiger partial charge in [0.2, 0.25) is 0 Å². The van der Waals surface area contributed by atoms with Crippen LogP contribution in [0.5, 0.6) is 0 Å². The summed E-state index contributed by atoms with van der Waals surface area (Å²) in [6, 6.07) is 4.11. The van der Waals surface area contributed by atoms with Crippen LogP contribution in [0.3, 0.4) is 0 Å². The van der Waals surface area contributed by atoms with Crippen LogP contribution in [0.15, 0.2) is 18.3 Å². The lowest BCUT2D eigenvalue weighted by molar-refractivity contribution is 0.0770. The van der Waals surface area contributed by atoms with Crippen molar-refractivity contribution in [1.82, 2.24) is 9.88 Å². The molecule has 1 saturated carbocycles. The SMILES string of the molecule is CCCCC1CCC(Nc2ccc(C(=O)N3CCS(=O)(=O)CC3)cn2)CC1. The lowest BCUT2D eigenvalue weighted by atomic mass is 9.83. The molecule has 0 aromatic carbocycles. The van der Waals surface area contributed by atoms with Gasteiger partial charge in [-0.25, -0.2) is 13.4 Å². The van der Waals surface area contributed by atoms with E-state index in [0.29, 0.717) is 11.6 Å². The number of unbranched alkanes of at least 4 members (excludes halogenated alkanes) is 1. The van der Waals surface area contributed by atoms with E-state index in [1.807, 2.05) is 6.07 Å². The van der Waals surface area contributed by atoms with Gasteiger partial charge in [0.1, 0.15) is 5.82 Å². The van der Waals surface area contributed by atoms with Gasteiger partial charge < -0.3 is 10.2 Å². The monoisotopic (exact) mass is 393 g/mol. The van der Waals surface area contributed by atoms with Gasteiger partial charge in [-0.3, -0.25) is 4.79 Å². The molecule has 0 unspecified atom stereocenters. The Hall–Kier alpha value is -1.63.